The molecule has 6 nitrogen and oxygen atoms in total. The van der Waals surface area contributed by atoms with Crippen molar-refractivity contribution in [3.05, 3.63) is 123 Å². The third-order valence-corrected chi connectivity index (χ3v) is 6.14. The summed E-state index contributed by atoms with van der Waals surface area (Å²) >= 11 is 0. The third kappa shape index (κ3) is 3.85. The van der Waals surface area contributed by atoms with Gasteiger partial charge in [0.05, 0.1) is 28.8 Å². The summed E-state index contributed by atoms with van der Waals surface area (Å²) in [7, 11) is 1.63. The molecule has 0 saturated heterocycles. The fourth-order valence-electron chi connectivity index (χ4n) is 4.48. The summed E-state index contributed by atoms with van der Waals surface area (Å²) < 4.78 is 7.51. The summed E-state index contributed by atoms with van der Waals surface area (Å²) in [5.74, 6) is 0.744. The molecule has 172 valence electrons. The van der Waals surface area contributed by atoms with Crippen molar-refractivity contribution in [2.24, 2.45) is 0 Å². The van der Waals surface area contributed by atoms with E-state index in [-0.39, 0.29) is 11.1 Å². The van der Waals surface area contributed by atoms with Crippen LogP contribution in [0.15, 0.2) is 102 Å². The minimum atomic E-state index is -0.443. The van der Waals surface area contributed by atoms with Gasteiger partial charge in [-0.2, -0.15) is 0 Å². The van der Waals surface area contributed by atoms with Crippen molar-refractivity contribution in [3.8, 4) is 33.8 Å². The first-order chi connectivity index (χ1) is 17.0. The molecule has 1 heterocycles. The van der Waals surface area contributed by atoms with E-state index in [1.54, 1.807) is 19.2 Å². The topological polar surface area (TPSA) is 74.4 Å². The summed E-state index contributed by atoms with van der Waals surface area (Å²) in [5.41, 5.74) is 5.18. The average Bonchev–Trinajstić information content (AvgIpc) is 2.89. The summed E-state index contributed by atoms with van der Waals surface area (Å²) in [5, 5.41) is 11.8. The number of non-ortho nitro benzene ring substituents is 1. The zero-order chi connectivity index (χ0) is 24.5. The number of methoxy groups -OCH3 is 1. The largest absolute Gasteiger partial charge is 0.497 e. The second-order valence-corrected chi connectivity index (χ2v) is 8.23. The molecule has 5 aromatic rings. The molecule has 0 aliphatic carbocycles. The summed E-state index contributed by atoms with van der Waals surface area (Å²) in [6.45, 7) is 2.01. The van der Waals surface area contributed by atoms with Crippen LogP contribution >= 0.6 is 0 Å². The number of ether oxygens (including phenoxy) is 1. The first-order valence-electron chi connectivity index (χ1n) is 11.1. The quantitative estimate of drug-likeness (QED) is 0.219. The number of fused-ring (bicyclic) bond motifs is 1. The third-order valence-electron chi connectivity index (χ3n) is 6.14. The molecule has 0 N–H and O–H groups in total. The Kier molecular flexibility index (Phi) is 5.63. The molecule has 0 aliphatic heterocycles. The predicted molar refractivity (Wildman–Crippen MR) is 138 cm³/mol. The summed E-state index contributed by atoms with van der Waals surface area (Å²) in [6, 6.07) is 29.2. The van der Waals surface area contributed by atoms with Crippen LogP contribution in [0.3, 0.4) is 0 Å². The van der Waals surface area contributed by atoms with E-state index in [4.69, 9.17) is 4.74 Å². The summed E-state index contributed by atoms with van der Waals surface area (Å²) in [4.78, 5) is 24.7. The van der Waals surface area contributed by atoms with Gasteiger partial charge < -0.3 is 9.30 Å². The van der Waals surface area contributed by atoms with Gasteiger partial charge in [-0.3, -0.25) is 14.9 Å². The lowest BCUT2D eigenvalue weighted by molar-refractivity contribution is -0.384. The standard InChI is InChI=1S/C29H22N2O4/c1-19-18-23(35-2)16-17-25(19)30-26-11-7-6-10-24(26)29(32)27(28(30)21-8-4-3-5-9-21)20-12-14-22(15-13-20)31(33)34/h3-18H,1-2H3. The van der Waals surface area contributed by atoms with Gasteiger partial charge in [0.2, 0.25) is 0 Å². The molecule has 35 heavy (non-hydrogen) atoms. The van der Waals surface area contributed by atoms with E-state index in [1.165, 1.54) is 12.1 Å². The molecule has 6 heteroatoms. The van der Waals surface area contributed by atoms with E-state index in [0.29, 0.717) is 16.5 Å². The predicted octanol–water partition coefficient (Wildman–Crippen LogP) is 6.55. The highest BCUT2D eigenvalue weighted by Gasteiger charge is 2.22. The first kappa shape index (κ1) is 22.1. The monoisotopic (exact) mass is 462 g/mol. The van der Waals surface area contributed by atoms with E-state index in [1.807, 2.05) is 79.7 Å². The highest BCUT2D eigenvalue weighted by Crippen LogP contribution is 2.37. The Bertz CT molecular complexity index is 1620. The van der Waals surface area contributed by atoms with Crippen LogP contribution in [0.1, 0.15) is 5.56 Å². The number of hydrogen-bond acceptors (Lipinski definition) is 4. The fraction of sp³-hybridized carbons (Fsp3) is 0.0690. The maximum atomic E-state index is 13.9. The molecular weight excluding hydrogens is 440 g/mol. The maximum Gasteiger partial charge on any atom is 0.269 e. The van der Waals surface area contributed by atoms with E-state index >= 15 is 0 Å². The van der Waals surface area contributed by atoms with Crippen LogP contribution in [0.5, 0.6) is 5.75 Å². The van der Waals surface area contributed by atoms with Gasteiger partial charge in [0.25, 0.3) is 5.69 Å². The summed E-state index contributed by atoms with van der Waals surface area (Å²) in [6.07, 6.45) is 0. The molecule has 0 fully saturated rings. The van der Waals surface area contributed by atoms with Gasteiger partial charge in [-0.05, 0) is 66.1 Å². The maximum absolute atomic E-state index is 13.9. The molecule has 0 aliphatic rings. The number of aromatic nitrogens is 1. The van der Waals surface area contributed by atoms with Crippen molar-refractivity contribution >= 4 is 16.6 Å². The number of pyridine rings is 1. The molecule has 1 aromatic heterocycles. The van der Waals surface area contributed by atoms with Crippen molar-refractivity contribution in [2.45, 2.75) is 6.92 Å². The van der Waals surface area contributed by atoms with Crippen LogP contribution in [0.25, 0.3) is 39.0 Å². The Morgan fingerprint density at radius 3 is 2.17 bits per heavy atom. The van der Waals surface area contributed by atoms with Crippen LogP contribution < -0.4 is 10.2 Å². The van der Waals surface area contributed by atoms with Gasteiger partial charge in [0, 0.05) is 23.2 Å². The molecule has 4 aromatic carbocycles. The minimum Gasteiger partial charge on any atom is -0.497 e. The lowest BCUT2D eigenvalue weighted by atomic mass is 9.95. The molecule has 5 rings (SSSR count). The van der Waals surface area contributed by atoms with Gasteiger partial charge in [-0.15, -0.1) is 0 Å². The molecule has 0 amide bonds. The van der Waals surface area contributed by atoms with Crippen molar-refractivity contribution in [1.29, 1.82) is 0 Å². The number of nitro benzene ring substituents is 1. The van der Waals surface area contributed by atoms with Crippen molar-refractivity contribution in [3.63, 3.8) is 0 Å². The fourth-order valence-corrected chi connectivity index (χ4v) is 4.48. The molecule has 0 bridgehead atoms. The highest BCUT2D eigenvalue weighted by molar-refractivity contribution is 5.94. The zero-order valence-electron chi connectivity index (χ0n) is 19.3. The number of rotatable bonds is 5. The first-order valence-corrected chi connectivity index (χ1v) is 11.1. The molecule has 0 atom stereocenters. The van der Waals surface area contributed by atoms with Gasteiger partial charge >= 0.3 is 0 Å². The van der Waals surface area contributed by atoms with E-state index in [0.717, 1.165) is 33.8 Å². The number of para-hydroxylation sites is 1. The molecular formula is C29H22N2O4. The van der Waals surface area contributed by atoms with Crippen LogP contribution in [-0.4, -0.2) is 16.6 Å². The van der Waals surface area contributed by atoms with Gasteiger partial charge in [0.1, 0.15) is 5.75 Å². The van der Waals surface area contributed by atoms with E-state index < -0.39 is 4.92 Å². The SMILES string of the molecule is COc1ccc(-n2c(-c3ccccc3)c(-c3ccc([N+](=O)[O-])cc3)c(=O)c3ccccc32)c(C)c1. The van der Waals surface area contributed by atoms with Crippen molar-refractivity contribution in [2.75, 3.05) is 7.11 Å². The lowest BCUT2D eigenvalue weighted by Crippen LogP contribution is -2.16. The van der Waals surface area contributed by atoms with Crippen molar-refractivity contribution < 1.29 is 9.66 Å². The molecule has 0 spiro atoms. The Balaban J connectivity index is 1.96. The zero-order valence-corrected chi connectivity index (χ0v) is 19.3. The highest BCUT2D eigenvalue weighted by atomic mass is 16.6. The Morgan fingerprint density at radius 1 is 0.829 bits per heavy atom. The lowest BCUT2D eigenvalue weighted by Gasteiger charge is -2.23. The number of nitrogens with zero attached hydrogens (tertiary/aromatic N) is 2. The number of nitro groups is 1. The van der Waals surface area contributed by atoms with E-state index in [2.05, 4.69) is 4.57 Å². The van der Waals surface area contributed by atoms with Crippen LogP contribution in [0, 0.1) is 17.0 Å². The van der Waals surface area contributed by atoms with Gasteiger partial charge in [-0.1, -0.05) is 42.5 Å². The van der Waals surface area contributed by atoms with Crippen LogP contribution in [0.4, 0.5) is 5.69 Å². The Hall–Kier alpha value is -4.71. The molecule has 0 saturated carbocycles. The average molecular weight is 463 g/mol. The normalized spacial score (nSPS) is 10.9. The van der Waals surface area contributed by atoms with Crippen LogP contribution in [-0.2, 0) is 0 Å². The second kappa shape index (κ2) is 8.91. The molecule has 0 radical (unpaired) electrons. The molecule has 0 unspecified atom stereocenters. The number of benzene rings is 4. The van der Waals surface area contributed by atoms with Gasteiger partial charge in [0.15, 0.2) is 5.43 Å². The smallest absolute Gasteiger partial charge is 0.269 e. The van der Waals surface area contributed by atoms with E-state index in [9.17, 15) is 14.9 Å². The van der Waals surface area contributed by atoms with Crippen LogP contribution in [0.2, 0.25) is 0 Å². The number of aryl methyl sites for hydroxylation is 1. The second-order valence-electron chi connectivity index (χ2n) is 8.23. The number of hydrogen-bond donors (Lipinski definition) is 0. The Labute approximate surface area is 201 Å². The Morgan fingerprint density at radius 2 is 1.51 bits per heavy atom. The minimum absolute atomic E-state index is 0.0258. The van der Waals surface area contributed by atoms with Gasteiger partial charge in [-0.25, -0.2) is 0 Å². The van der Waals surface area contributed by atoms with Crippen molar-refractivity contribution in [1.82, 2.24) is 4.57 Å².